The third kappa shape index (κ3) is 4.29. The van der Waals surface area contributed by atoms with Gasteiger partial charge < -0.3 is 14.2 Å². The number of rotatable bonds is 7. The van der Waals surface area contributed by atoms with Gasteiger partial charge >= 0.3 is 6.18 Å². The molecule has 0 unspecified atom stereocenters. The molecule has 0 bridgehead atoms. The predicted molar refractivity (Wildman–Crippen MR) is 119 cm³/mol. The molecule has 0 aliphatic carbocycles. The zero-order valence-corrected chi connectivity index (χ0v) is 19.8. The van der Waals surface area contributed by atoms with Crippen LogP contribution in [0.1, 0.15) is 35.5 Å². The summed E-state index contributed by atoms with van der Waals surface area (Å²) in [5.41, 5.74) is 1.22. The maximum absolute atomic E-state index is 13.5. The first-order valence-corrected chi connectivity index (χ1v) is 10.7. The van der Waals surface area contributed by atoms with Crippen LogP contribution in [0, 0.1) is 6.92 Å². The van der Waals surface area contributed by atoms with Gasteiger partial charge in [0.1, 0.15) is 12.2 Å². The number of aromatic nitrogens is 4. The molecular weight excluding hydrogens is 467 g/mol. The van der Waals surface area contributed by atoms with E-state index >= 15 is 0 Å². The number of amides is 1. The third-order valence-electron chi connectivity index (χ3n) is 5.67. The molecule has 0 N–H and O–H groups in total. The molecule has 0 spiro atoms. The van der Waals surface area contributed by atoms with Crippen LogP contribution in [0.5, 0.6) is 11.6 Å². The second kappa shape index (κ2) is 8.84. The number of ether oxygens (including phenoxy) is 3. The Morgan fingerprint density at radius 3 is 2.51 bits per heavy atom. The molecular formula is C23H24F3N5O4. The quantitative estimate of drug-likeness (QED) is 0.492. The van der Waals surface area contributed by atoms with E-state index in [9.17, 15) is 18.0 Å². The number of halogens is 3. The number of hydrogen-bond acceptors (Lipinski definition) is 7. The summed E-state index contributed by atoms with van der Waals surface area (Å²) in [6, 6.07) is 3.45. The molecule has 0 radical (unpaired) electrons. The highest BCUT2D eigenvalue weighted by atomic mass is 19.4. The number of aryl methyl sites for hydroxylation is 1. The molecule has 35 heavy (non-hydrogen) atoms. The van der Waals surface area contributed by atoms with Gasteiger partial charge in [0, 0.05) is 24.6 Å². The van der Waals surface area contributed by atoms with Crippen molar-refractivity contribution in [1.82, 2.24) is 19.7 Å². The molecule has 0 aromatic carbocycles. The minimum Gasteiger partial charge on any atom is -0.491 e. The van der Waals surface area contributed by atoms with Crippen molar-refractivity contribution in [2.45, 2.75) is 39.2 Å². The second-order valence-electron chi connectivity index (χ2n) is 8.05. The fourth-order valence-corrected chi connectivity index (χ4v) is 4.23. The Hall–Kier alpha value is -3.67. The van der Waals surface area contributed by atoms with Crippen molar-refractivity contribution >= 4 is 11.6 Å². The van der Waals surface area contributed by atoms with Crippen molar-refractivity contribution in [1.29, 1.82) is 0 Å². The summed E-state index contributed by atoms with van der Waals surface area (Å²) >= 11 is 0. The Kier molecular flexibility index (Phi) is 6.18. The van der Waals surface area contributed by atoms with Crippen LogP contribution in [0.2, 0.25) is 0 Å². The largest absolute Gasteiger partial charge is 0.491 e. The lowest BCUT2D eigenvalue weighted by molar-refractivity contribution is -0.142. The van der Waals surface area contributed by atoms with Crippen LogP contribution < -0.4 is 14.4 Å². The summed E-state index contributed by atoms with van der Waals surface area (Å²) in [5, 5.41) is 3.78. The van der Waals surface area contributed by atoms with Crippen LogP contribution in [0.25, 0.3) is 11.3 Å². The Bertz CT molecular complexity index is 1280. The number of hydrogen-bond donors (Lipinski definition) is 0. The number of nitrogens with zero attached hydrogens (tertiary/aromatic N) is 5. The highest BCUT2D eigenvalue weighted by Gasteiger charge is 2.51. The zero-order chi connectivity index (χ0) is 25.5. The summed E-state index contributed by atoms with van der Waals surface area (Å²) in [6.45, 7) is 4.12. The van der Waals surface area contributed by atoms with Gasteiger partial charge in [-0.15, -0.1) is 0 Å². The average Bonchev–Trinajstić information content (AvgIpc) is 3.32. The Balaban J connectivity index is 1.82. The van der Waals surface area contributed by atoms with Crippen molar-refractivity contribution in [2.24, 2.45) is 0 Å². The Morgan fingerprint density at radius 1 is 1.14 bits per heavy atom. The van der Waals surface area contributed by atoms with Crippen LogP contribution in [-0.4, -0.2) is 52.7 Å². The number of anilines is 1. The third-order valence-corrected chi connectivity index (χ3v) is 5.67. The Morgan fingerprint density at radius 2 is 1.89 bits per heavy atom. The number of carbonyl (C=O) groups excluding carboxylic acids is 1. The fourth-order valence-electron chi connectivity index (χ4n) is 4.23. The first-order chi connectivity index (χ1) is 16.5. The second-order valence-corrected chi connectivity index (χ2v) is 8.05. The number of carbonyl (C=O) groups is 1. The topological polar surface area (TPSA) is 91.6 Å². The van der Waals surface area contributed by atoms with E-state index < -0.39 is 24.4 Å². The summed E-state index contributed by atoms with van der Waals surface area (Å²) in [5.74, 6) is 0.280. The normalized spacial score (nSPS) is 17.6. The van der Waals surface area contributed by atoms with Gasteiger partial charge in [-0.3, -0.25) is 14.4 Å². The van der Waals surface area contributed by atoms with Gasteiger partial charge in [-0.2, -0.15) is 18.3 Å². The van der Waals surface area contributed by atoms with E-state index in [0.717, 1.165) is 4.68 Å². The number of methoxy groups -OCH3 is 2. The van der Waals surface area contributed by atoms with Gasteiger partial charge in [0.2, 0.25) is 0 Å². The molecule has 12 heteroatoms. The van der Waals surface area contributed by atoms with E-state index in [4.69, 9.17) is 19.2 Å². The minimum atomic E-state index is -4.45. The smallest absolute Gasteiger partial charge is 0.408 e. The summed E-state index contributed by atoms with van der Waals surface area (Å²) in [6.07, 6.45) is -0.501. The van der Waals surface area contributed by atoms with Gasteiger partial charge in [0.15, 0.2) is 11.5 Å². The van der Waals surface area contributed by atoms with Crippen molar-refractivity contribution < 1.29 is 32.2 Å². The van der Waals surface area contributed by atoms with E-state index in [1.165, 1.54) is 31.5 Å². The van der Waals surface area contributed by atoms with E-state index in [-0.39, 0.29) is 12.3 Å². The highest BCUT2D eigenvalue weighted by molar-refractivity contribution is 6.12. The number of fused-ring (bicyclic) bond motifs is 1. The molecule has 0 fully saturated rings. The van der Waals surface area contributed by atoms with Gasteiger partial charge in [-0.25, -0.2) is 9.97 Å². The van der Waals surface area contributed by atoms with Gasteiger partial charge in [-0.05, 0) is 38.5 Å². The average molecular weight is 491 g/mol. The first-order valence-electron chi connectivity index (χ1n) is 10.7. The summed E-state index contributed by atoms with van der Waals surface area (Å²) in [7, 11) is 2.97. The zero-order valence-electron chi connectivity index (χ0n) is 19.8. The van der Waals surface area contributed by atoms with Gasteiger partial charge in [-0.1, -0.05) is 0 Å². The van der Waals surface area contributed by atoms with Crippen LogP contribution in [-0.2, 0) is 17.0 Å². The molecule has 1 atom stereocenters. The van der Waals surface area contributed by atoms with E-state index in [2.05, 4.69) is 10.1 Å². The molecule has 1 amide bonds. The van der Waals surface area contributed by atoms with Crippen LogP contribution in [0.3, 0.4) is 0 Å². The first kappa shape index (κ1) is 24.5. The monoisotopic (exact) mass is 491 g/mol. The molecule has 0 saturated carbocycles. The maximum Gasteiger partial charge on any atom is 0.408 e. The van der Waals surface area contributed by atoms with E-state index in [0.29, 0.717) is 39.7 Å². The molecule has 186 valence electrons. The molecule has 4 rings (SSSR count). The van der Waals surface area contributed by atoms with Crippen molar-refractivity contribution in [2.75, 3.05) is 25.7 Å². The molecule has 1 aliphatic rings. The highest BCUT2D eigenvalue weighted by Crippen LogP contribution is 2.44. The molecule has 3 aromatic heterocycles. The Labute approximate surface area is 199 Å². The van der Waals surface area contributed by atoms with E-state index in [1.807, 2.05) is 0 Å². The summed E-state index contributed by atoms with van der Waals surface area (Å²) < 4.78 is 55.8. The molecule has 0 saturated heterocycles. The molecule has 3 aromatic rings. The lowest BCUT2D eigenvalue weighted by Crippen LogP contribution is -2.44. The maximum atomic E-state index is 13.5. The van der Waals surface area contributed by atoms with Crippen molar-refractivity contribution in [3.8, 4) is 22.9 Å². The minimum absolute atomic E-state index is 0.168. The summed E-state index contributed by atoms with van der Waals surface area (Å²) in [4.78, 5) is 23.8. The lowest BCUT2D eigenvalue weighted by Gasteiger charge is -2.33. The molecule has 1 aliphatic heterocycles. The SMILES string of the molecule is CCO[C@]1(C)c2nc(-c3cnc(OC)c(OC)c3)cc(C)c2C(=O)N1c1cnn(CC(F)(F)F)c1. The number of alkyl halides is 3. The molecule has 4 heterocycles. The van der Waals surface area contributed by atoms with Crippen LogP contribution in [0.4, 0.5) is 18.9 Å². The fraction of sp³-hybridized carbons (Fsp3) is 0.391. The standard InChI is InChI=1S/C23H24F3N5O4/c1-6-35-22(3)19-18(21(32)31(22)15-10-28-30(11-15)12-23(24,25)26)13(2)7-16(29-19)14-8-17(33-4)20(34-5)27-9-14/h7-11H,6,12H2,1-5H3/t22-/m1/s1. The molecule has 9 nitrogen and oxygen atoms in total. The van der Waals surface area contributed by atoms with Gasteiger partial charge in [0.05, 0.1) is 37.4 Å². The van der Waals surface area contributed by atoms with Crippen LogP contribution >= 0.6 is 0 Å². The predicted octanol–water partition coefficient (Wildman–Crippen LogP) is 4.10. The lowest BCUT2D eigenvalue weighted by atomic mass is 10.0. The van der Waals surface area contributed by atoms with E-state index in [1.54, 1.807) is 39.1 Å². The van der Waals surface area contributed by atoms with Crippen molar-refractivity contribution in [3.05, 3.63) is 47.5 Å². The van der Waals surface area contributed by atoms with Gasteiger partial charge in [0.25, 0.3) is 11.8 Å². The van der Waals surface area contributed by atoms with Crippen LogP contribution in [0.15, 0.2) is 30.7 Å². The number of pyridine rings is 2. The van der Waals surface area contributed by atoms with Crippen molar-refractivity contribution in [3.63, 3.8) is 0 Å².